The van der Waals surface area contributed by atoms with Crippen LogP contribution in [-0.2, 0) is 17.8 Å². The molecule has 8 nitrogen and oxygen atoms in total. The number of likely N-dealkylation sites (tertiary alicyclic amines) is 1. The van der Waals surface area contributed by atoms with Crippen LogP contribution < -0.4 is 9.39 Å². The number of fused-ring (bicyclic) bond motifs is 1. The number of carbonyl (C=O) groups excluding carboxylic acids is 1. The first-order valence-corrected chi connectivity index (χ1v) is 8.80. The van der Waals surface area contributed by atoms with Gasteiger partial charge in [-0.15, -0.1) is 0 Å². The molecule has 0 radical (unpaired) electrons. The number of ether oxygens (including phenoxy) is 1. The van der Waals surface area contributed by atoms with E-state index in [9.17, 15) is 19.7 Å². The summed E-state index contributed by atoms with van der Waals surface area (Å²) in [6.45, 7) is 1.07. The van der Waals surface area contributed by atoms with Crippen molar-refractivity contribution in [2.75, 3.05) is 13.1 Å². The van der Waals surface area contributed by atoms with Gasteiger partial charge in [-0.05, 0) is 36.5 Å². The molecule has 2 N–H and O–H groups in total. The first kappa shape index (κ1) is 17.5. The van der Waals surface area contributed by atoms with Gasteiger partial charge in [0.15, 0.2) is 0 Å². The lowest BCUT2D eigenvalue weighted by Crippen LogP contribution is -2.57. The summed E-state index contributed by atoms with van der Waals surface area (Å²) in [4.78, 5) is 25.6. The van der Waals surface area contributed by atoms with Crippen LogP contribution in [0.4, 0.5) is 0 Å². The lowest BCUT2D eigenvalue weighted by molar-refractivity contribution is -0.140. The quantitative estimate of drug-likeness (QED) is 0.759. The Kier molecular flexibility index (Phi) is 4.53. The number of aryl methyl sites for hydroxylation is 1. The minimum Gasteiger partial charge on any atom is -0.535 e. The molecule has 2 aliphatic rings. The zero-order valence-electron chi connectivity index (χ0n) is 14.6. The molecule has 3 heterocycles. The molecule has 0 atom stereocenters. The van der Waals surface area contributed by atoms with Crippen molar-refractivity contribution in [2.45, 2.75) is 25.4 Å². The summed E-state index contributed by atoms with van der Waals surface area (Å²) in [5, 5.41) is 19.3. The molecule has 0 bridgehead atoms. The fourth-order valence-electron chi connectivity index (χ4n) is 3.34. The third kappa shape index (κ3) is 3.50. The van der Waals surface area contributed by atoms with Crippen molar-refractivity contribution in [3.8, 4) is 11.5 Å². The largest absolute Gasteiger partial charge is 0.535 e. The van der Waals surface area contributed by atoms with E-state index >= 15 is 0 Å². The average Bonchev–Trinajstić information content (AvgIpc) is 3.09. The number of carbonyl (C=O) groups is 2. The number of carboxylic acids is 1. The van der Waals surface area contributed by atoms with Gasteiger partial charge < -0.3 is 29.0 Å². The van der Waals surface area contributed by atoms with E-state index in [1.54, 1.807) is 21.6 Å². The molecule has 1 aromatic heterocycles. The Hall–Kier alpha value is -2.94. The molecule has 140 valence electrons. The molecule has 2 aromatic rings. The van der Waals surface area contributed by atoms with Gasteiger partial charge in [-0.25, -0.2) is 4.79 Å². The van der Waals surface area contributed by atoms with E-state index in [1.807, 2.05) is 24.5 Å². The van der Waals surface area contributed by atoms with Gasteiger partial charge in [0.1, 0.15) is 29.7 Å². The molecule has 0 spiro atoms. The van der Waals surface area contributed by atoms with Gasteiger partial charge in [0.05, 0.1) is 13.1 Å². The Labute approximate surface area is 156 Å². The Bertz CT molecular complexity index is 863. The zero-order chi connectivity index (χ0) is 19.0. The van der Waals surface area contributed by atoms with Crippen LogP contribution in [0.5, 0.6) is 11.5 Å². The number of rotatable bonds is 5. The summed E-state index contributed by atoms with van der Waals surface area (Å²) in [6, 6.07) is 7.10. The number of nitrogens with zero attached hydrogens (tertiary/aromatic N) is 2. The fourth-order valence-corrected chi connectivity index (χ4v) is 3.34. The van der Waals surface area contributed by atoms with Crippen molar-refractivity contribution in [3.05, 3.63) is 47.8 Å². The van der Waals surface area contributed by atoms with Crippen molar-refractivity contribution < 1.29 is 29.1 Å². The third-order valence-corrected chi connectivity index (χ3v) is 4.81. The summed E-state index contributed by atoms with van der Waals surface area (Å²) in [5.41, 5.74) is 0.658. The lowest BCUT2D eigenvalue weighted by Gasteiger charge is -2.39. The fraction of sp³-hybridized carbons (Fsp3) is 0.333. The Morgan fingerprint density at radius 1 is 1.26 bits per heavy atom. The average molecular weight is 370 g/mol. The second kappa shape index (κ2) is 7.00. The monoisotopic (exact) mass is 370 g/mol. The highest BCUT2D eigenvalue weighted by molar-refractivity contribution is 6.44. The molecule has 27 heavy (non-hydrogen) atoms. The van der Waals surface area contributed by atoms with E-state index in [4.69, 9.17) is 9.39 Å². The maximum atomic E-state index is 12.2. The summed E-state index contributed by atoms with van der Waals surface area (Å²) in [6.07, 6.45) is 4.34. The van der Waals surface area contributed by atoms with Crippen LogP contribution in [0.25, 0.3) is 0 Å². The molecule has 1 saturated heterocycles. The lowest BCUT2D eigenvalue weighted by atomic mass is 9.78. The zero-order valence-corrected chi connectivity index (χ0v) is 14.6. The molecule has 1 fully saturated rings. The molecule has 2 aliphatic heterocycles. The summed E-state index contributed by atoms with van der Waals surface area (Å²) in [5.74, 6) is -0.825. The first-order valence-electron chi connectivity index (χ1n) is 8.80. The molecule has 4 rings (SSSR count). The number of hydrogen-bond acceptors (Lipinski definition) is 5. The standard InChI is InChI=1S/C18H19BN2O6/c22-15(11-20-7-1-2-8-20)21-9-13(10-21)26-14-4-3-12-5-6-19(25)27-17(12)16(14)18(23)24/h1-4,7-8,13,25H,5-6,9-11H2,(H,23,24). The maximum absolute atomic E-state index is 12.2. The number of aromatic nitrogens is 1. The number of benzene rings is 1. The highest BCUT2D eigenvalue weighted by Crippen LogP contribution is 2.37. The first-order chi connectivity index (χ1) is 13.0. The van der Waals surface area contributed by atoms with Gasteiger partial charge in [-0.2, -0.15) is 0 Å². The van der Waals surface area contributed by atoms with E-state index < -0.39 is 13.1 Å². The van der Waals surface area contributed by atoms with Crippen LogP contribution in [-0.4, -0.2) is 57.8 Å². The number of hydrogen-bond donors (Lipinski definition) is 2. The Morgan fingerprint density at radius 2 is 2.00 bits per heavy atom. The summed E-state index contributed by atoms with van der Waals surface area (Å²) in [7, 11) is -1.02. The third-order valence-electron chi connectivity index (χ3n) is 4.81. The van der Waals surface area contributed by atoms with E-state index in [-0.39, 0.29) is 35.6 Å². The highest BCUT2D eigenvalue weighted by atomic mass is 16.5. The van der Waals surface area contributed by atoms with Crippen LogP contribution in [0.3, 0.4) is 0 Å². The van der Waals surface area contributed by atoms with Crippen LogP contribution >= 0.6 is 0 Å². The molecule has 1 amide bonds. The van der Waals surface area contributed by atoms with E-state index in [2.05, 4.69) is 0 Å². The minimum absolute atomic E-state index is 0.0126. The number of carboxylic acid groups (broad SMARTS) is 1. The van der Waals surface area contributed by atoms with Gasteiger partial charge in [0.25, 0.3) is 0 Å². The molecular formula is C18H19BN2O6. The Balaban J connectivity index is 1.43. The molecule has 1 aromatic carbocycles. The normalized spacial score (nSPS) is 16.3. The second-order valence-corrected chi connectivity index (χ2v) is 6.74. The van der Waals surface area contributed by atoms with Gasteiger partial charge >= 0.3 is 13.1 Å². The molecule has 0 saturated carbocycles. The van der Waals surface area contributed by atoms with Crippen molar-refractivity contribution in [1.29, 1.82) is 0 Å². The van der Waals surface area contributed by atoms with Crippen LogP contribution in [0, 0.1) is 0 Å². The highest BCUT2D eigenvalue weighted by Gasteiger charge is 2.35. The van der Waals surface area contributed by atoms with E-state index in [0.29, 0.717) is 25.8 Å². The maximum Gasteiger partial charge on any atom is 0.522 e. The molecular weight excluding hydrogens is 351 g/mol. The van der Waals surface area contributed by atoms with E-state index in [1.165, 1.54) is 0 Å². The topological polar surface area (TPSA) is 101 Å². The van der Waals surface area contributed by atoms with Crippen LogP contribution in [0.2, 0.25) is 6.32 Å². The minimum atomic E-state index is -1.17. The van der Waals surface area contributed by atoms with Crippen LogP contribution in [0.15, 0.2) is 36.7 Å². The van der Waals surface area contributed by atoms with Crippen molar-refractivity contribution >= 4 is 19.0 Å². The smallest absolute Gasteiger partial charge is 0.522 e. The van der Waals surface area contributed by atoms with Gasteiger partial charge in [0.2, 0.25) is 5.91 Å². The molecule has 0 unspecified atom stereocenters. The van der Waals surface area contributed by atoms with Crippen LogP contribution in [0.1, 0.15) is 15.9 Å². The molecule has 9 heteroatoms. The second-order valence-electron chi connectivity index (χ2n) is 6.74. The van der Waals surface area contributed by atoms with Crippen molar-refractivity contribution in [3.63, 3.8) is 0 Å². The molecule has 0 aliphatic carbocycles. The summed E-state index contributed by atoms with van der Waals surface area (Å²) < 4.78 is 13.0. The van der Waals surface area contributed by atoms with Gasteiger partial charge in [0, 0.05) is 12.4 Å². The number of amides is 1. The number of aromatic carboxylic acids is 1. The predicted molar refractivity (Wildman–Crippen MR) is 95.9 cm³/mol. The van der Waals surface area contributed by atoms with E-state index in [0.717, 1.165) is 5.56 Å². The van der Waals surface area contributed by atoms with Gasteiger partial charge in [-0.1, -0.05) is 6.07 Å². The predicted octanol–water partition coefficient (Wildman–Crippen LogP) is 0.891. The summed E-state index contributed by atoms with van der Waals surface area (Å²) >= 11 is 0. The van der Waals surface area contributed by atoms with Crippen molar-refractivity contribution in [1.82, 2.24) is 9.47 Å². The Morgan fingerprint density at radius 3 is 2.70 bits per heavy atom. The SMILES string of the molecule is O=C(O)c1c(OC2CN(C(=O)Cn3cccc3)C2)ccc2c1OB(O)CC2. The van der Waals surface area contributed by atoms with Gasteiger partial charge in [-0.3, -0.25) is 4.79 Å². The van der Waals surface area contributed by atoms with Crippen molar-refractivity contribution in [2.24, 2.45) is 0 Å².